The molecule has 1 aliphatic carbocycles. The molecule has 0 aliphatic heterocycles. The second kappa shape index (κ2) is 4.86. The Morgan fingerprint density at radius 3 is 2.69 bits per heavy atom. The van der Waals surface area contributed by atoms with E-state index in [4.69, 9.17) is 17.3 Å². The molecule has 4 heteroatoms. The van der Waals surface area contributed by atoms with Gasteiger partial charge in [-0.3, -0.25) is 0 Å². The van der Waals surface area contributed by atoms with Crippen molar-refractivity contribution in [2.75, 3.05) is 11.5 Å². The van der Waals surface area contributed by atoms with E-state index in [0.717, 1.165) is 36.3 Å². The first-order valence-corrected chi connectivity index (χ1v) is 6.86. The second-order valence-electron chi connectivity index (χ2n) is 4.40. The van der Waals surface area contributed by atoms with Crippen LogP contribution in [0.25, 0.3) is 0 Å². The van der Waals surface area contributed by atoms with Crippen molar-refractivity contribution in [1.29, 1.82) is 0 Å². The molecule has 0 atom stereocenters. The van der Waals surface area contributed by atoms with Crippen LogP contribution in [0.3, 0.4) is 0 Å². The van der Waals surface area contributed by atoms with Crippen molar-refractivity contribution < 1.29 is 5.11 Å². The molecule has 2 nitrogen and oxygen atoms in total. The van der Waals surface area contributed by atoms with Crippen molar-refractivity contribution in [2.45, 2.75) is 36.2 Å². The standard InChI is InChI=1S/C12H16ClNOS/c13-10-7-9(3-4-11(10)14)16-8-12(15)5-1-2-6-12/h3-4,7,15H,1-2,5-6,8,14H2. The highest BCUT2D eigenvalue weighted by Gasteiger charge is 2.30. The Labute approximate surface area is 105 Å². The first-order valence-electron chi connectivity index (χ1n) is 5.49. The lowest BCUT2D eigenvalue weighted by atomic mass is 10.1. The fourth-order valence-corrected chi connectivity index (χ4v) is 3.33. The molecular formula is C12H16ClNOS. The van der Waals surface area contributed by atoms with Crippen molar-refractivity contribution in [3.63, 3.8) is 0 Å². The van der Waals surface area contributed by atoms with E-state index in [1.807, 2.05) is 18.2 Å². The summed E-state index contributed by atoms with van der Waals surface area (Å²) < 4.78 is 0. The third-order valence-corrected chi connectivity index (χ3v) is 4.61. The lowest BCUT2D eigenvalue weighted by molar-refractivity contribution is 0.0732. The van der Waals surface area contributed by atoms with Crippen LogP contribution in [0.15, 0.2) is 23.1 Å². The molecule has 0 aromatic heterocycles. The van der Waals surface area contributed by atoms with Gasteiger partial charge in [-0.2, -0.15) is 0 Å². The van der Waals surface area contributed by atoms with Crippen molar-refractivity contribution in [1.82, 2.24) is 0 Å². The van der Waals surface area contributed by atoms with Gasteiger partial charge in [0.2, 0.25) is 0 Å². The van der Waals surface area contributed by atoms with Crippen LogP contribution in [0.4, 0.5) is 5.69 Å². The highest BCUT2D eigenvalue weighted by molar-refractivity contribution is 7.99. The third kappa shape index (κ3) is 2.84. The van der Waals surface area contributed by atoms with Gasteiger partial charge in [0.05, 0.1) is 16.3 Å². The van der Waals surface area contributed by atoms with E-state index >= 15 is 0 Å². The average molecular weight is 258 g/mol. The van der Waals surface area contributed by atoms with E-state index in [2.05, 4.69) is 0 Å². The highest BCUT2D eigenvalue weighted by atomic mass is 35.5. The van der Waals surface area contributed by atoms with Crippen LogP contribution in [0, 0.1) is 0 Å². The number of benzene rings is 1. The van der Waals surface area contributed by atoms with E-state index in [1.165, 1.54) is 0 Å². The maximum absolute atomic E-state index is 10.2. The van der Waals surface area contributed by atoms with Crippen LogP contribution in [0.5, 0.6) is 0 Å². The zero-order chi connectivity index (χ0) is 11.6. The Kier molecular flexibility index (Phi) is 3.67. The van der Waals surface area contributed by atoms with Gasteiger partial charge in [-0.15, -0.1) is 11.8 Å². The Bertz CT molecular complexity index is 377. The summed E-state index contributed by atoms with van der Waals surface area (Å²) in [7, 11) is 0. The molecular weight excluding hydrogens is 242 g/mol. The normalized spacial score (nSPS) is 18.9. The molecule has 3 N–H and O–H groups in total. The molecule has 2 rings (SSSR count). The quantitative estimate of drug-likeness (QED) is 0.645. The second-order valence-corrected chi connectivity index (χ2v) is 5.86. The summed E-state index contributed by atoms with van der Waals surface area (Å²) in [4.78, 5) is 1.07. The van der Waals surface area contributed by atoms with Gasteiger partial charge >= 0.3 is 0 Å². The number of aliphatic hydroxyl groups is 1. The van der Waals surface area contributed by atoms with E-state index in [9.17, 15) is 5.11 Å². The predicted molar refractivity (Wildman–Crippen MR) is 70.0 cm³/mol. The maximum Gasteiger partial charge on any atom is 0.0741 e. The van der Waals surface area contributed by atoms with Gasteiger partial charge in [-0.1, -0.05) is 24.4 Å². The summed E-state index contributed by atoms with van der Waals surface area (Å²) in [6, 6.07) is 5.62. The molecule has 0 amide bonds. The highest BCUT2D eigenvalue weighted by Crippen LogP contribution is 2.35. The average Bonchev–Trinajstić information content (AvgIpc) is 2.68. The molecule has 1 aliphatic rings. The largest absolute Gasteiger partial charge is 0.398 e. The monoisotopic (exact) mass is 257 g/mol. The number of halogens is 1. The Morgan fingerprint density at radius 1 is 1.38 bits per heavy atom. The van der Waals surface area contributed by atoms with Crippen molar-refractivity contribution in [3.05, 3.63) is 23.2 Å². The fraction of sp³-hybridized carbons (Fsp3) is 0.500. The maximum atomic E-state index is 10.2. The molecule has 0 radical (unpaired) electrons. The molecule has 1 aromatic carbocycles. The molecule has 0 saturated heterocycles. The Morgan fingerprint density at radius 2 is 2.06 bits per heavy atom. The minimum Gasteiger partial charge on any atom is -0.398 e. The number of anilines is 1. The van der Waals surface area contributed by atoms with E-state index in [0.29, 0.717) is 10.7 Å². The molecule has 0 bridgehead atoms. The van der Waals surface area contributed by atoms with Crippen LogP contribution in [0.2, 0.25) is 5.02 Å². The van der Waals surface area contributed by atoms with E-state index in [1.54, 1.807) is 11.8 Å². The molecule has 0 unspecified atom stereocenters. The molecule has 0 heterocycles. The van der Waals surface area contributed by atoms with E-state index < -0.39 is 5.60 Å². The summed E-state index contributed by atoms with van der Waals surface area (Å²) in [5.41, 5.74) is 5.77. The summed E-state index contributed by atoms with van der Waals surface area (Å²) >= 11 is 7.59. The summed E-state index contributed by atoms with van der Waals surface area (Å²) in [6.45, 7) is 0. The lowest BCUT2D eigenvalue weighted by Crippen LogP contribution is -2.26. The topological polar surface area (TPSA) is 46.2 Å². The molecule has 1 aromatic rings. The third-order valence-electron chi connectivity index (χ3n) is 3.01. The van der Waals surface area contributed by atoms with Crippen molar-refractivity contribution in [2.24, 2.45) is 0 Å². The molecule has 1 saturated carbocycles. The first kappa shape index (κ1) is 12.1. The van der Waals surface area contributed by atoms with Gasteiger partial charge in [0.1, 0.15) is 0 Å². The van der Waals surface area contributed by atoms with Crippen molar-refractivity contribution >= 4 is 29.1 Å². The lowest BCUT2D eigenvalue weighted by Gasteiger charge is -2.21. The van der Waals surface area contributed by atoms with Crippen LogP contribution in [-0.2, 0) is 0 Å². The summed E-state index contributed by atoms with van der Waals surface area (Å²) in [6.07, 6.45) is 4.12. The van der Waals surface area contributed by atoms with Gasteiger partial charge in [0.15, 0.2) is 0 Å². The number of hydrogen-bond donors (Lipinski definition) is 2. The zero-order valence-electron chi connectivity index (χ0n) is 9.08. The van der Waals surface area contributed by atoms with Gasteiger partial charge in [-0.05, 0) is 31.0 Å². The van der Waals surface area contributed by atoms with Gasteiger partial charge < -0.3 is 10.8 Å². The molecule has 0 spiro atoms. The molecule has 16 heavy (non-hydrogen) atoms. The smallest absolute Gasteiger partial charge is 0.0741 e. The number of rotatable bonds is 3. The van der Waals surface area contributed by atoms with Crippen LogP contribution < -0.4 is 5.73 Å². The number of hydrogen-bond acceptors (Lipinski definition) is 3. The minimum absolute atomic E-state index is 0.474. The number of thioether (sulfide) groups is 1. The first-order chi connectivity index (χ1) is 7.59. The SMILES string of the molecule is Nc1ccc(SCC2(O)CCCC2)cc1Cl. The number of nitrogen functional groups attached to an aromatic ring is 1. The number of nitrogens with two attached hydrogens (primary N) is 1. The summed E-state index contributed by atoms with van der Waals surface area (Å²) in [5.74, 6) is 0.743. The van der Waals surface area contributed by atoms with Crippen LogP contribution in [-0.4, -0.2) is 16.5 Å². The molecule has 1 fully saturated rings. The Balaban J connectivity index is 1.96. The van der Waals surface area contributed by atoms with Crippen LogP contribution >= 0.6 is 23.4 Å². The van der Waals surface area contributed by atoms with Gasteiger partial charge in [-0.25, -0.2) is 0 Å². The summed E-state index contributed by atoms with van der Waals surface area (Å²) in [5, 5.41) is 10.8. The molecule has 88 valence electrons. The Hall–Kier alpha value is -0.380. The predicted octanol–water partition coefficient (Wildman–Crippen LogP) is 3.32. The van der Waals surface area contributed by atoms with Crippen LogP contribution in [0.1, 0.15) is 25.7 Å². The fourth-order valence-electron chi connectivity index (χ4n) is 1.99. The van der Waals surface area contributed by atoms with Gasteiger partial charge in [0, 0.05) is 10.6 Å². The van der Waals surface area contributed by atoms with Gasteiger partial charge in [0.25, 0.3) is 0 Å². The zero-order valence-corrected chi connectivity index (χ0v) is 10.7. The minimum atomic E-state index is -0.474. The van der Waals surface area contributed by atoms with E-state index in [-0.39, 0.29) is 0 Å². The van der Waals surface area contributed by atoms with Crippen molar-refractivity contribution in [3.8, 4) is 0 Å².